The van der Waals surface area contributed by atoms with Gasteiger partial charge in [-0.05, 0) is 49.2 Å². The molecule has 0 aliphatic rings. The highest BCUT2D eigenvalue weighted by Crippen LogP contribution is 2.20. The van der Waals surface area contributed by atoms with Crippen molar-refractivity contribution in [2.75, 3.05) is 19.0 Å². The van der Waals surface area contributed by atoms with Crippen LogP contribution in [0.5, 0.6) is 11.5 Å². The van der Waals surface area contributed by atoms with Gasteiger partial charge in [-0.15, -0.1) is 0 Å². The van der Waals surface area contributed by atoms with Crippen LogP contribution >= 0.6 is 0 Å². The van der Waals surface area contributed by atoms with Gasteiger partial charge in [-0.2, -0.15) is 0 Å². The highest BCUT2D eigenvalue weighted by molar-refractivity contribution is 6.06. The van der Waals surface area contributed by atoms with Crippen molar-refractivity contribution in [2.24, 2.45) is 5.92 Å². The van der Waals surface area contributed by atoms with E-state index in [1.54, 1.807) is 48.5 Å². The Morgan fingerprint density at radius 2 is 1.67 bits per heavy atom. The number of nitrogens with one attached hydrogen (secondary N) is 2. The van der Waals surface area contributed by atoms with Gasteiger partial charge in [0.15, 0.2) is 6.61 Å². The number of rotatable bonds is 8. The number of para-hydroxylation sites is 1. The molecule has 6 nitrogen and oxygen atoms in total. The van der Waals surface area contributed by atoms with E-state index in [1.807, 2.05) is 20.8 Å². The molecule has 2 aromatic rings. The lowest BCUT2D eigenvalue weighted by atomic mass is 10.1. The zero-order valence-electron chi connectivity index (χ0n) is 16.1. The summed E-state index contributed by atoms with van der Waals surface area (Å²) in [6, 6.07) is 14.0. The molecule has 0 saturated carbocycles. The first-order valence-electron chi connectivity index (χ1n) is 8.87. The van der Waals surface area contributed by atoms with Crippen LogP contribution in [-0.2, 0) is 4.79 Å². The smallest absolute Gasteiger partial charge is 0.259 e. The van der Waals surface area contributed by atoms with Gasteiger partial charge in [0.05, 0.1) is 12.7 Å². The molecule has 0 spiro atoms. The van der Waals surface area contributed by atoms with E-state index in [-0.39, 0.29) is 24.5 Å². The van der Waals surface area contributed by atoms with Crippen molar-refractivity contribution < 1.29 is 19.1 Å². The highest BCUT2D eigenvalue weighted by Gasteiger charge is 2.13. The summed E-state index contributed by atoms with van der Waals surface area (Å²) in [5.74, 6) is 1.00. The third kappa shape index (κ3) is 6.02. The molecule has 0 heterocycles. The predicted octanol–water partition coefficient (Wildman–Crippen LogP) is 3.49. The summed E-state index contributed by atoms with van der Waals surface area (Å²) < 4.78 is 10.7. The van der Waals surface area contributed by atoms with Crippen molar-refractivity contribution >= 4 is 17.5 Å². The number of amides is 2. The quantitative estimate of drug-likeness (QED) is 0.746. The van der Waals surface area contributed by atoms with Crippen LogP contribution in [0, 0.1) is 5.92 Å². The molecule has 0 aromatic heterocycles. The Balaban J connectivity index is 1.89. The fourth-order valence-electron chi connectivity index (χ4n) is 2.28. The zero-order valence-corrected chi connectivity index (χ0v) is 16.1. The Morgan fingerprint density at radius 1 is 1.00 bits per heavy atom. The molecule has 144 valence electrons. The second kappa shape index (κ2) is 9.62. The summed E-state index contributed by atoms with van der Waals surface area (Å²) in [6.45, 7) is 6.00. The van der Waals surface area contributed by atoms with E-state index in [4.69, 9.17) is 9.47 Å². The van der Waals surface area contributed by atoms with Crippen LogP contribution in [0.25, 0.3) is 0 Å². The van der Waals surface area contributed by atoms with Crippen LogP contribution in [0.15, 0.2) is 48.5 Å². The fraction of sp³-hybridized carbons (Fsp3) is 0.333. The first-order valence-corrected chi connectivity index (χ1v) is 8.87. The molecule has 2 rings (SSSR count). The predicted molar refractivity (Wildman–Crippen MR) is 105 cm³/mol. The first kappa shape index (κ1) is 20.3. The highest BCUT2D eigenvalue weighted by atomic mass is 16.5. The topological polar surface area (TPSA) is 76.7 Å². The number of methoxy groups -OCH3 is 1. The van der Waals surface area contributed by atoms with E-state index in [0.717, 1.165) is 0 Å². The molecule has 0 aliphatic carbocycles. The molecule has 0 bridgehead atoms. The second-order valence-electron chi connectivity index (χ2n) is 6.57. The van der Waals surface area contributed by atoms with Crippen molar-refractivity contribution in [3.8, 4) is 11.5 Å². The van der Waals surface area contributed by atoms with E-state index in [1.165, 1.54) is 7.11 Å². The monoisotopic (exact) mass is 370 g/mol. The van der Waals surface area contributed by atoms with Gasteiger partial charge in [-0.1, -0.05) is 26.0 Å². The number of anilines is 1. The van der Waals surface area contributed by atoms with Gasteiger partial charge in [-0.3, -0.25) is 9.59 Å². The van der Waals surface area contributed by atoms with E-state index in [9.17, 15) is 9.59 Å². The minimum Gasteiger partial charge on any atom is -0.496 e. The standard InChI is InChI=1S/C21H26N2O4/c1-14(2)15(3)22-20(24)13-27-17-11-9-16(10-12-17)23-21(25)18-7-5-6-8-19(18)26-4/h5-12,14-15H,13H2,1-4H3,(H,22,24)(H,23,25)/t15-/m0/s1. The third-order valence-electron chi connectivity index (χ3n) is 4.22. The van der Waals surface area contributed by atoms with Crippen LogP contribution in [0.3, 0.4) is 0 Å². The Labute approximate surface area is 159 Å². The Hall–Kier alpha value is -3.02. The van der Waals surface area contributed by atoms with E-state index in [2.05, 4.69) is 10.6 Å². The minimum absolute atomic E-state index is 0.0516. The molecule has 0 unspecified atom stereocenters. The SMILES string of the molecule is COc1ccccc1C(=O)Nc1ccc(OCC(=O)N[C@@H](C)C(C)C)cc1. The van der Waals surface area contributed by atoms with Crippen LogP contribution < -0.4 is 20.1 Å². The van der Waals surface area contributed by atoms with Gasteiger partial charge in [0.25, 0.3) is 11.8 Å². The number of carbonyl (C=O) groups is 2. The molecule has 6 heteroatoms. The number of hydrogen-bond donors (Lipinski definition) is 2. The van der Waals surface area contributed by atoms with E-state index in [0.29, 0.717) is 28.7 Å². The van der Waals surface area contributed by atoms with Gasteiger partial charge in [0.2, 0.25) is 0 Å². The normalized spacial score (nSPS) is 11.6. The number of benzene rings is 2. The van der Waals surface area contributed by atoms with Crippen molar-refractivity contribution in [1.82, 2.24) is 5.32 Å². The van der Waals surface area contributed by atoms with Crippen LogP contribution in [0.2, 0.25) is 0 Å². The Kier molecular flexibility index (Phi) is 7.23. The van der Waals surface area contributed by atoms with Crippen molar-refractivity contribution in [1.29, 1.82) is 0 Å². The van der Waals surface area contributed by atoms with Crippen molar-refractivity contribution in [3.63, 3.8) is 0 Å². The van der Waals surface area contributed by atoms with Crippen molar-refractivity contribution in [3.05, 3.63) is 54.1 Å². The summed E-state index contributed by atoms with van der Waals surface area (Å²) in [7, 11) is 1.52. The first-order chi connectivity index (χ1) is 12.9. The maximum absolute atomic E-state index is 12.4. The van der Waals surface area contributed by atoms with Crippen LogP contribution in [0.4, 0.5) is 5.69 Å². The molecule has 0 aliphatic heterocycles. The third-order valence-corrected chi connectivity index (χ3v) is 4.22. The summed E-state index contributed by atoms with van der Waals surface area (Å²) in [5, 5.41) is 5.69. The maximum atomic E-state index is 12.4. The molecule has 2 N–H and O–H groups in total. The molecule has 0 saturated heterocycles. The molecular formula is C21H26N2O4. The fourth-order valence-corrected chi connectivity index (χ4v) is 2.28. The number of hydrogen-bond acceptors (Lipinski definition) is 4. The molecule has 2 aromatic carbocycles. The average Bonchev–Trinajstić information content (AvgIpc) is 2.67. The molecule has 27 heavy (non-hydrogen) atoms. The van der Waals surface area contributed by atoms with Crippen molar-refractivity contribution in [2.45, 2.75) is 26.8 Å². The van der Waals surface area contributed by atoms with E-state index < -0.39 is 0 Å². The molecule has 2 amide bonds. The summed E-state index contributed by atoms with van der Waals surface area (Å²) in [4.78, 5) is 24.2. The lowest BCUT2D eigenvalue weighted by Gasteiger charge is -2.17. The summed E-state index contributed by atoms with van der Waals surface area (Å²) in [6.07, 6.45) is 0. The molecule has 1 atom stereocenters. The molecular weight excluding hydrogens is 344 g/mol. The molecule has 0 fully saturated rings. The van der Waals surface area contributed by atoms with Gasteiger partial charge in [-0.25, -0.2) is 0 Å². The number of carbonyl (C=O) groups excluding carboxylic acids is 2. The van der Waals surface area contributed by atoms with Gasteiger partial charge >= 0.3 is 0 Å². The zero-order chi connectivity index (χ0) is 19.8. The average molecular weight is 370 g/mol. The van der Waals surface area contributed by atoms with Crippen LogP contribution in [0.1, 0.15) is 31.1 Å². The lowest BCUT2D eigenvalue weighted by Crippen LogP contribution is -2.38. The number of ether oxygens (including phenoxy) is 2. The maximum Gasteiger partial charge on any atom is 0.259 e. The summed E-state index contributed by atoms with van der Waals surface area (Å²) >= 11 is 0. The summed E-state index contributed by atoms with van der Waals surface area (Å²) in [5.41, 5.74) is 1.08. The molecule has 0 radical (unpaired) electrons. The van der Waals surface area contributed by atoms with Crippen LogP contribution in [-0.4, -0.2) is 31.6 Å². The minimum atomic E-state index is -0.261. The lowest BCUT2D eigenvalue weighted by molar-refractivity contribution is -0.124. The Morgan fingerprint density at radius 3 is 2.30 bits per heavy atom. The van der Waals surface area contributed by atoms with Gasteiger partial charge in [0, 0.05) is 11.7 Å². The largest absolute Gasteiger partial charge is 0.496 e. The van der Waals surface area contributed by atoms with Gasteiger partial charge in [0.1, 0.15) is 11.5 Å². The van der Waals surface area contributed by atoms with E-state index >= 15 is 0 Å². The van der Waals surface area contributed by atoms with Gasteiger partial charge < -0.3 is 20.1 Å². The second-order valence-corrected chi connectivity index (χ2v) is 6.57. The Bertz CT molecular complexity index is 772.